The average molecular weight is 743 g/mol. The van der Waals surface area contributed by atoms with E-state index in [-0.39, 0.29) is 0 Å². The molecule has 0 amide bonds. The van der Waals surface area contributed by atoms with E-state index in [4.69, 9.17) is 19.9 Å². The fourth-order valence-electron chi connectivity index (χ4n) is 9.91. The molecule has 274 valence electrons. The summed E-state index contributed by atoms with van der Waals surface area (Å²) in [7, 11) is -4.21. The Balaban J connectivity index is 1.69. The van der Waals surface area contributed by atoms with Crippen molar-refractivity contribution in [2.45, 2.75) is 116 Å². The lowest BCUT2D eigenvalue weighted by Gasteiger charge is -2.38. The van der Waals surface area contributed by atoms with Gasteiger partial charge in [0.05, 0.1) is 22.2 Å². The number of rotatable bonds is 6. The van der Waals surface area contributed by atoms with Crippen molar-refractivity contribution >= 4 is 81.8 Å². The van der Waals surface area contributed by atoms with Gasteiger partial charge >= 0.3 is 0 Å². The molecule has 0 unspecified atom stereocenters. The van der Waals surface area contributed by atoms with Crippen LogP contribution in [0.4, 0.5) is 0 Å². The fraction of sp³-hybridized carbons (Fsp3) is 0.375. The van der Waals surface area contributed by atoms with Gasteiger partial charge in [0.1, 0.15) is 27.2 Å². The zero-order chi connectivity index (χ0) is 38.7. The molecule has 2 aromatic heterocycles. The van der Waals surface area contributed by atoms with Crippen LogP contribution >= 0.6 is 0 Å². The molecule has 0 spiro atoms. The molecule has 0 radical (unpaired) electrons. The van der Waals surface area contributed by atoms with Crippen molar-refractivity contribution in [3.63, 3.8) is 0 Å². The maximum absolute atomic E-state index is 5.40. The molecule has 0 saturated heterocycles. The van der Waals surface area contributed by atoms with E-state index < -0.39 is 16.1 Å². The maximum Gasteiger partial charge on any atom is 0.199 e. The minimum atomic E-state index is -2.11. The molecule has 0 bridgehead atoms. The van der Waals surface area contributed by atoms with Gasteiger partial charge < -0.3 is 0 Å². The molecule has 2 heterocycles. The number of hydrogen-bond acceptors (Lipinski definition) is 4. The van der Waals surface area contributed by atoms with Gasteiger partial charge in [-0.3, -0.25) is 0 Å². The Morgan fingerprint density at radius 1 is 0.407 bits per heavy atom. The van der Waals surface area contributed by atoms with E-state index in [1.165, 1.54) is 10.8 Å². The second-order valence-corrected chi connectivity index (χ2v) is 28.4. The third-order valence-corrected chi connectivity index (χ3v) is 25.2. The Morgan fingerprint density at radius 3 is 1.00 bits per heavy atom. The fourth-order valence-corrected chi connectivity index (χ4v) is 20.3. The molecule has 0 atom stereocenters. The van der Waals surface area contributed by atoms with Gasteiger partial charge in [0.2, 0.25) is 0 Å². The molecule has 0 saturated carbocycles. The van der Waals surface area contributed by atoms with Crippen LogP contribution in [-0.4, -0.2) is 36.1 Å². The first-order valence-electron chi connectivity index (χ1n) is 19.9. The molecule has 4 nitrogen and oxygen atoms in total. The standard InChI is InChI=1S/C48H54N4Si2/c1-29(2)53(30(3)4,31(5)6)23-21-39-41-25-35-17-13-14-18-36(35)26-42(41)40(22-24-54(32(7)8,33(9)10)34(11)12)46-45(39)51-47-48(52-46)50-44-28-38-20-16-15-19-37(38)27-43(44)49-47/h13-20,25-34H,1-12H3. The number of benzene rings is 5. The zero-order valence-electron chi connectivity index (χ0n) is 34.2. The summed E-state index contributed by atoms with van der Waals surface area (Å²) in [5, 5.41) is 6.76. The molecule has 7 aromatic rings. The van der Waals surface area contributed by atoms with Crippen LogP contribution in [0.25, 0.3) is 65.7 Å². The first-order valence-corrected chi connectivity index (χ1v) is 24.4. The highest BCUT2D eigenvalue weighted by atomic mass is 28.3. The van der Waals surface area contributed by atoms with Crippen molar-refractivity contribution in [1.29, 1.82) is 0 Å². The molecule has 6 heteroatoms. The maximum atomic E-state index is 5.40. The minimum absolute atomic E-state index is 0.494. The quantitative estimate of drug-likeness (QED) is 0.0967. The summed E-state index contributed by atoms with van der Waals surface area (Å²) in [6, 6.07) is 25.8. The van der Waals surface area contributed by atoms with Crippen LogP contribution in [0, 0.1) is 22.9 Å². The third kappa shape index (κ3) is 6.09. The number of aromatic nitrogens is 4. The van der Waals surface area contributed by atoms with Crippen molar-refractivity contribution in [2.24, 2.45) is 0 Å². The Bertz CT molecular complexity index is 2490. The molecule has 0 aliphatic rings. The van der Waals surface area contributed by atoms with E-state index in [0.29, 0.717) is 44.5 Å². The molecule has 0 fully saturated rings. The normalized spacial score (nSPS) is 12.8. The van der Waals surface area contributed by atoms with Gasteiger partial charge in [-0.1, -0.05) is 143 Å². The average Bonchev–Trinajstić information content (AvgIpc) is 3.11. The predicted octanol–water partition coefficient (Wildman–Crippen LogP) is 13.3. The summed E-state index contributed by atoms with van der Waals surface area (Å²) < 4.78 is 0. The van der Waals surface area contributed by atoms with Crippen LogP contribution in [0.15, 0.2) is 72.8 Å². The highest BCUT2D eigenvalue weighted by Crippen LogP contribution is 2.43. The molecular formula is C48H54N4Si2. The summed E-state index contributed by atoms with van der Waals surface area (Å²) in [6.07, 6.45) is 0. The Morgan fingerprint density at radius 2 is 0.704 bits per heavy atom. The van der Waals surface area contributed by atoms with Crippen LogP contribution in [0.3, 0.4) is 0 Å². The smallest absolute Gasteiger partial charge is 0.199 e. The number of nitrogens with zero attached hydrogens (tertiary/aromatic N) is 4. The van der Waals surface area contributed by atoms with Gasteiger partial charge in [-0.25, -0.2) is 19.9 Å². The van der Waals surface area contributed by atoms with Gasteiger partial charge in [0.15, 0.2) is 11.3 Å². The Labute approximate surface area is 323 Å². The van der Waals surface area contributed by atoms with Crippen LogP contribution in [-0.2, 0) is 0 Å². The van der Waals surface area contributed by atoms with Crippen molar-refractivity contribution in [3.05, 3.63) is 83.9 Å². The highest BCUT2D eigenvalue weighted by Gasteiger charge is 2.43. The van der Waals surface area contributed by atoms with Crippen molar-refractivity contribution in [3.8, 4) is 22.9 Å². The van der Waals surface area contributed by atoms with Gasteiger partial charge in [-0.05, 0) is 79.1 Å². The van der Waals surface area contributed by atoms with Gasteiger partial charge in [0, 0.05) is 10.8 Å². The lowest BCUT2D eigenvalue weighted by molar-refractivity contribution is 0.838. The second-order valence-electron chi connectivity index (χ2n) is 17.3. The highest BCUT2D eigenvalue weighted by molar-refractivity contribution is 6.91. The second kappa shape index (κ2) is 14.2. The number of hydrogen-bond donors (Lipinski definition) is 0. The number of fused-ring (bicyclic) bond motifs is 6. The van der Waals surface area contributed by atoms with Crippen LogP contribution in [0.5, 0.6) is 0 Å². The lowest BCUT2D eigenvalue weighted by Crippen LogP contribution is -2.43. The van der Waals surface area contributed by atoms with Gasteiger partial charge in [-0.2, -0.15) is 0 Å². The molecule has 0 aliphatic heterocycles. The molecule has 7 rings (SSSR count). The van der Waals surface area contributed by atoms with Crippen molar-refractivity contribution in [1.82, 2.24) is 19.9 Å². The molecular weight excluding hydrogens is 689 g/mol. The minimum Gasteiger partial charge on any atom is -0.224 e. The summed E-state index contributed by atoms with van der Waals surface area (Å²) in [5.41, 5.74) is 17.1. The zero-order valence-corrected chi connectivity index (χ0v) is 36.2. The van der Waals surface area contributed by atoms with E-state index in [9.17, 15) is 0 Å². The van der Waals surface area contributed by atoms with Gasteiger partial charge in [0.25, 0.3) is 0 Å². The first-order chi connectivity index (χ1) is 25.7. The lowest BCUT2D eigenvalue weighted by atomic mass is 9.94. The van der Waals surface area contributed by atoms with E-state index in [2.05, 4.69) is 179 Å². The Hall–Kier alpha value is -4.63. The topological polar surface area (TPSA) is 51.6 Å². The SMILES string of the molecule is CC(C)[Si](C#Cc1c2cc3ccccc3cc2c(C#C[Si](C(C)C)(C(C)C)C(C)C)c2nc3nc4cc5ccccc5cc4nc3nc12)(C(C)C)C(C)C. The monoisotopic (exact) mass is 742 g/mol. The summed E-state index contributed by atoms with van der Waals surface area (Å²) in [4.78, 5) is 21.1. The summed E-state index contributed by atoms with van der Waals surface area (Å²) in [6.45, 7) is 28.4. The van der Waals surface area contributed by atoms with Crippen LogP contribution in [0.1, 0.15) is 94.2 Å². The predicted molar refractivity (Wildman–Crippen MR) is 239 cm³/mol. The van der Waals surface area contributed by atoms with Crippen LogP contribution in [0.2, 0.25) is 33.2 Å². The largest absolute Gasteiger partial charge is 0.224 e. The molecule has 0 aliphatic carbocycles. The summed E-state index contributed by atoms with van der Waals surface area (Å²) >= 11 is 0. The Kier molecular flexibility index (Phi) is 9.92. The summed E-state index contributed by atoms with van der Waals surface area (Å²) in [5.74, 6) is 7.76. The first kappa shape index (κ1) is 37.7. The third-order valence-electron chi connectivity index (χ3n) is 12.6. The molecule has 5 aromatic carbocycles. The van der Waals surface area contributed by atoms with Crippen molar-refractivity contribution in [2.75, 3.05) is 0 Å². The molecule has 54 heavy (non-hydrogen) atoms. The van der Waals surface area contributed by atoms with E-state index >= 15 is 0 Å². The van der Waals surface area contributed by atoms with Gasteiger partial charge in [-0.15, -0.1) is 11.1 Å². The van der Waals surface area contributed by atoms with Crippen molar-refractivity contribution < 1.29 is 0 Å². The van der Waals surface area contributed by atoms with Crippen LogP contribution < -0.4 is 0 Å². The van der Waals surface area contributed by atoms with E-state index in [1.54, 1.807) is 0 Å². The van der Waals surface area contributed by atoms with E-state index in [1.807, 2.05) is 0 Å². The van der Waals surface area contributed by atoms with E-state index in [0.717, 1.165) is 54.7 Å². The molecule has 0 N–H and O–H groups in total.